The van der Waals surface area contributed by atoms with Crippen molar-refractivity contribution in [3.63, 3.8) is 0 Å². The standard InChI is InChI=1S/C26H32N2O7/c1-18(29)22(23(30)34-3)27-24(31)26(16-19-10-12-21(33-2)13-11-19)14-7-15-28(26)25(32)35-17-20-8-5-4-6-9-20/h4-6,8-13,18,22,29H,7,14-17H2,1-3H3,(H,27,31)/t18-,22+,26?/m0/s1. The van der Waals surface area contributed by atoms with Crippen LogP contribution in [0.2, 0.25) is 0 Å². The molecule has 0 saturated carbocycles. The van der Waals surface area contributed by atoms with Crippen molar-refractivity contribution >= 4 is 18.0 Å². The number of nitrogens with zero attached hydrogens (tertiary/aromatic N) is 1. The second-order valence-electron chi connectivity index (χ2n) is 8.57. The van der Waals surface area contributed by atoms with Crippen LogP contribution >= 0.6 is 0 Å². The first kappa shape index (κ1) is 26.0. The van der Waals surface area contributed by atoms with Gasteiger partial charge in [0.2, 0.25) is 5.91 Å². The van der Waals surface area contributed by atoms with Crippen LogP contribution in [-0.4, -0.2) is 66.4 Å². The van der Waals surface area contributed by atoms with Crippen molar-refractivity contribution in [2.24, 2.45) is 0 Å². The van der Waals surface area contributed by atoms with Gasteiger partial charge in [0.1, 0.15) is 17.9 Å². The van der Waals surface area contributed by atoms with Crippen LogP contribution in [0, 0.1) is 0 Å². The van der Waals surface area contributed by atoms with Crippen LogP contribution < -0.4 is 10.1 Å². The van der Waals surface area contributed by atoms with Gasteiger partial charge in [0.25, 0.3) is 0 Å². The number of aliphatic hydroxyl groups is 1. The SMILES string of the molecule is COC(=O)[C@H](NC(=O)C1(Cc2ccc(OC)cc2)CCCN1C(=O)OCc1ccccc1)[C@H](C)O. The largest absolute Gasteiger partial charge is 0.497 e. The lowest BCUT2D eigenvalue weighted by Crippen LogP contribution is -2.62. The summed E-state index contributed by atoms with van der Waals surface area (Å²) in [6.45, 7) is 1.77. The molecule has 0 spiro atoms. The van der Waals surface area contributed by atoms with Crippen molar-refractivity contribution in [2.75, 3.05) is 20.8 Å². The van der Waals surface area contributed by atoms with Gasteiger partial charge in [0.15, 0.2) is 6.04 Å². The predicted octanol–water partition coefficient (Wildman–Crippen LogP) is 2.45. The summed E-state index contributed by atoms with van der Waals surface area (Å²) >= 11 is 0. The minimum Gasteiger partial charge on any atom is -0.497 e. The van der Waals surface area contributed by atoms with Crippen molar-refractivity contribution in [3.05, 3.63) is 65.7 Å². The number of nitrogens with one attached hydrogen (secondary N) is 1. The molecule has 2 aromatic carbocycles. The Hall–Kier alpha value is -3.59. The van der Waals surface area contributed by atoms with Gasteiger partial charge in [-0.1, -0.05) is 42.5 Å². The van der Waals surface area contributed by atoms with Crippen LogP contribution in [0.4, 0.5) is 4.79 Å². The zero-order valence-electron chi connectivity index (χ0n) is 20.2. The summed E-state index contributed by atoms with van der Waals surface area (Å²) in [7, 11) is 2.74. The molecule has 0 aliphatic carbocycles. The third-order valence-electron chi connectivity index (χ3n) is 6.22. The zero-order chi connectivity index (χ0) is 25.4. The van der Waals surface area contributed by atoms with Crippen molar-refractivity contribution in [3.8, 4) is 5.75 Å². The van der Waals surface area contributed by atoms with Gasteiger partial charge in [-0.3, -0.25) is 9.69 Å². The summed E-state index contributed by atoms with van der Waals surface area (Å²) in [5.74, 6) is -0.666. The molecule has 9 heteroatoms. The molecule has 0 aromatic heterocycles. The number of hydrogen-bond donors (Lipinski definition) is 2. The van der Waals surface area contributed by atoms with Crippen molar-refractivity contribution in [2.45, 2.75) is 50.5 Å². The number of esters is 1. The van der Waals surface area contributed by atoms with Gasteiger partial charge in [-0.2, -0.15) is 0 Å². The second-order valence-corrected chi connectivity index (χ2v) is 8.57. The summed E-state index contributed by atoms with van der Waals surface area (Å²) in [5.41, 5.74) is 0.310. The molecule has 1 fully saturated rings. The molecule has 0 radical (unpaired) electrons. The average Bonchev–Trinajstić information content (AvgIpc) is 3.30. The molecule has 1 aliphatic rings. The van der Waals surface area contributed by atoms with Gasteiger partial charge in [-0.15, -0.1) is 0 Å². The van der Waals surface area contributed by atoms with E-state index in [1.165, 1.54) is 18.9 Å². The molecule has 1 saturated heterocycles. The Balaban J connectivity index is 1.89. The second kappa shape index (κ2) is 11.7. The number of amides is 2. The summed E-state index contributed by atoms with van der Waals surface area (Å²) in [6.07, 6.45) is -0.691. The Labute approximate surface area is 205 Å². The first-order valence-corrected chi connectivity index (χ1v) is 11.5. The number of rotatable bonds is 9. The monoisotopic (exact) mass is 484 g/mol. The maximum Gasteiger partial charge on any atom is 0.411 e. The number of methoxy groups -OCH3 is 2. The van der Waals surface area contributed by atoms with E-state index in [-0.39, 0.29) is 13.0 Å². The summed E-state index contributed by atoms with van der Waals surface area (Å²) in [5, 5.41) is 12.7. The third kappa shape index (κ3) is 6.10. The Morgan fingerprint density at radius 1 is 1.06 bits per heavy atom. The lowest BCUT2D eigenvalue weighted by molar-refractivity contribution is -0.149. The van der Waals surface area contributed by atoms with E-state index in [4.69, 9.17) is 14.2 Å². The molecule has 1 aliphatic heterocycles. The lowest BCUT2D eigenvalue weighted by atomic mass is 9.86. The number of hydrogen-bond acceptors (Lipinski definition) is 7. The quantitative estimate of drug-likeness (QED) is 0.526. The Morgan fingerprint density at radius 3 is 2.34 bits per heavy atom. The van der Waals surface area contributed by atoms with Crippen LogP contribution in [0.1, 0.15) is 30.9 Å². The average molecular weight is 485 g/mol. The topological polar surface area (TPSA) is 114 Å². The molecule has 9 nitrogen and oxygen atoms in total. The lowest BCUT2D eigenvalue weighted by Gasteiger charge is -2.37. The minimum atomic E-state index is -1.32. The van der Waals surface area contributed by atoms with Crippen LogP contribution in [0.15, 0.2) is 54.6 Å². The van der Waals surface area contributed by atoms with Gasteiger partial charge in [0, 0.05) is 13.0 Å². The minimum absolute atomic E-state index is 0.0644. The molecule has 3 rings (SSSR count). The van der Waals surface area contributed by atoms with E-state index in [9.17, 15) is 19.5 Å². The fourth-order valence-electron chi connectivity index (χ4n) is 4.30. The number of carbonyl (C=O) groups is 3. The Kier molecular flexibility index (Phi) is 8.70. The zero-order valence-corrected chi connectivity index (χ0v) is 20.2. The van der Waals surface area contributed by atoms with Crippen LogP contribution in [0.3, 0.4) is 0 Å². The van der Waals surface area contributed by atoms with Crippen LogP contribution in [0.25, 0.3) is 0 Å². The first-order chi connectivity index (χ1) is 16.8. The summed E-state index contributed by atoms with van der Waals surface area (Å²) in [4.78, 5) is 40.5. The molecule has 1 heterocycles. The Bertz CT molecular complexity index is 1010. The van der Waals surface area contributed by atoms with Gasteiger partial charge in [-0.05, 0) is 43.0 Å². The summed E-state index contributed by atoms with van der Waals surface area (Å²) < 4.78 is 15.5. The fourth-order valence-corrected chi connectivity index (χ4v) is 4.30. The molecule has 1 unspecified atom stereocenters. The van der Waals surface area contributed by atoms with Gasteiger partial charge in [0.05, 0.1) is 20.3 Å². The van der Waals surface area contributed by atoms with E-state index in [0.717, 1.165) is 11.1 Å². The van der Waals surface area contributed by atoms with E-state index in [1.807, 2.05) is 42.5 Å². The summed E-state index contributed by atoms with van der Waals surface area (Å²) in [6, 6.07) is 15.2. The van der Waals surface area contributed by atoms with Gasteiger partial charge in [-0.25, -0.2) is 9.59 Å². The van der Waals surface area contributed by atoms with Crippen molar-refractivity contribution in [1.29, 1.82) is 0 Å². The van der Waals surface area contributed by atoms with Crippen LogP contribution in [-0.2, 0) is 32.1 Å². The van der Waals surface area contributed by atoms with E-state index in [1.54, 1.807) is 19.2 Å². The number of likely N-dealkylation sites (tertiary alicyclic amines) is 1. The highest BCUT2D eigenvalue weighted by Gasteiger charge is 2.51. The molecule has 3 atom stereocenters. The molecule has 2 N–H and O–H groups in total. The first-order valence-electron chi connectivity index (χ1n) is 11.5. The molecule has 2 aromatic rings. The third-order valence-corrected chi connectivity index (χ3v) is 6.22. The highest BCUT2D eigenvalue weighted by molar-refractivity contribution is 5.94. The Morgan fingerprint density at radius 2 is 1.74 bits per heavy atom. The normalized spacial score (nSPS) is 18.9. The smallest absolute Gasteiger partial charge is 0.411 e. The maximum atomic E-state index is 13.7. The van der Waals surface area contributed by atoms with E-state index < -0.39 is 35.7 Å². The van der Waals surface area contributed by atoms with E-state index in [2.05, 4.69) is 5.32 Å². The highest BCUT2D eigenvalue weighted by atomic mass is 16.6. The van der Waals surface area contributed by atoms with Crippen LogP contribution in [0.5, 0.6) is 5.75 Å². The number of ether oxygens (including phenoxy) is 3. The van der Waals surface area contributed by atoms with Crippen molar-refractivity contribution < 1.29 is 33.7 Å². The molecule has 2 amide bonds. The van der Waals surface area contributed by atoms with Gasteiger partial charge >= 0.3 is 12.1 Å². The number of benzene rings is 2. The molecule has 0 bridgehead atoms. The van der Waals surface area contributed by atoms with Crippen molar-refractivity contribution in [1.82, 2.24) is 10.2 Å². The molecule has 35 heavy (non-hydrogen) atoms. The predicted molar refractivity (Wildman–Crippen MR) is 128 cm³/mol. The number of carbonyl (C=O) groups excluding carboxylic acids is 3. The van der Waals surface area contributed by atoms with E-state index in [0.29, 0.717) is 25.1 Å². The van der Waals surface area contributed by atoms with Gasteiger partial charge < -0.3 is 24.6 Å². The number of aliphatic hydroxyl groups excluding tert-OH is 1. The molecular formula is C26H32N2O7. The molecular weight excluding hydrogens is 452 g/mol. The highest BCUT2D eigenvalue weighted by Crippen LogP contribution is 2.35. The molecule has 188 valence electrons. The van der Waals surface area contributed by atoms with E-state index >= 15 is 0 Å². The maximum absolute atomic E-state index is 13.7. The fraction of sp³-hybridized carbons (Fsp3) is 0.423.